The van der Waals surface area contributed by atoms with E-state index in [0.717, 1.165) is 31.0 Å². The van der Waals surface area contributed by atoms with Crippen molar-refractivity contribution in [1.82, 2.24) is 0 Å². The number of rotatable bonds is 8. The number of hydrogen-bond donors (Lipinski definition) is 1. The van der Waals surface area contributed by atoms with E-state index in [4.69, 9.17) is 5.84 Å². The molecule has 100 valence electrons. The quantitative estimate of drug-likeness (QED) is 0.424. The van der Waals surface area contributed by atoms with Crippen LogP contribution in [0.3, 0.4) is 0 Å². The van der Waals surface area contributed by atoms with Crippen LogP contribution >= 0.6 is 0 Å². The molecule has 0 heterocycles. The van der Waals surface area contributed by atoms with Crippen molar-refractivity contribution in [3.63, 3.8) is 0 Å². The number of para-hydroxylation sites is 1. The summed E-state index contributed by atoms with van der Waals surface area (Å²) in [6.07, 6.45) is 4.79. The van der Waals surface area contributed by atoms with Crippen LogP contribution in [0.4, 0.5) is 5.69 Å². The highest BCUT2D eigenvalue weighted by atomic mass is 15.4. The molecule has 0 saturated heterocycles. The number of hydrogen-bond acceptors (Lipinski definition) is 2. The van der Waals surface area contributed by atoms with Crippen LogP contribution in [-0.2, 0) is 0 Å². The van der Waals surface area contributed by atoms with E-state index in [-0.39, 0.29) is 0 Å². The minimum absolute atomic E-state index is 0.721. The molecule has 18 heavy (non-hydrogen) atoms. The highest BCUT2D eigenvalue weighted by Crippen LogP contribution is 2.16. The van der Waals surface area contributed by atoms with Gasteiger partial charge in [-0.3, -0.25) is 0 Å². The molecule has 2 nitrogen and oxygen atoms in total. The molecule has 1 atom stereocenters. The summed E-state index contributed by atoms with van der Waals surface area (Å²) in [4.78, 5) is 0. The molecule has 2 N–H and O–H groups in total. The van der Waals surface area contributed by atoms with Gasteiger partial charge in [0.05, 0.1) is 5.69 Å². The molecule has 0 bridgehead atoms. The van der Waals surface area contributed by atoms with Gasteiger partial charge in [0, 0.05) is 6.54 Å². The van der Waals surface area contributed by atoms with Gasteiger partial charge in [0.2, 0.25) is 0 Å². The second-order valence-corrected chi connectivity index (χ2v) is 5.27. The molecule has 2 heteroatoms. The first-order chi connectivity index (χ1) is 8.59. The van der Waals surface area contributed by atoms with E-state index in [9.17, 15) is 0 Å². The van der Waals surface area contributed by atoms with Crippen LogP contribution in [0.15, 0.2) is 42.5 Å². The van der Waals surface area contributed by atoms with Gasteiger partial charge in [0.25, 0.3) is 0 Å². The maximum absolute atomic E-state index is 6.04. The maximum Gasteiger partial charge on any atom is 0.0517 e. The lowest BCUT2D eigenvalue weighted by molar-refractivity contribution is 0.473. The van der Waals surface area contributed by atoms with Crippen LogP contribution in [-0.4, -0.2) is 6.54 Å². The predicted octanol–water partition coefficient (Wildman–Crippen LogP) is 4.14. The number of allylic oxidation sites excluding steroid dienone is 1. The SMILES string of the molecule is C=C(C)CCC[C@H](C)CCN(N)c1ccccc1. The summed E-state index contributed by atoms with van der Waals surface area (Å²) in [7, 11) is 0. The standard InChI is InChI=1S/C16H26N2/c1-14(2)8-7-9-15(3)12-13-18(17)16-10-5-4-6-11-16/h4-6,10-11,15H,1,7-9,12-13,17H2,2-3H3/t15-/m0/s1. The lowest BCUT2D eigenvalue weighted by Gasteiger charge is -2.20. The van der Waals surface area contributed by atoms with E-state index in [1.807, 2.05) is 35.3 Å². The topological polar surface area (TPSA) is 29.3 Å². The summed E-state index contributed by atoms with van der Waals surface area (Å²) in [5, 5.41) is 1.84. The summed E-state index contributed by atoms with van der Waals surface area (Å²) < 4.78 is 0. The summed E-state index contributed by atoms with van der Waals surface area (Å²) in [6.45, 7) is 9.25. The van der Waals surface area contributed by atoms with Crippen molar-refractivity contribution >= 4 is 5.69 Å². The van der Waals surface area contributed by atoms with E-state index < -0.39 is 0 Å². The zero-order valence-corrected chi connectivity index (χ0v) is 11.7. The molecule has 0 amide bonds. The Labute approximate surface area is 111 Å². The molecule has 1 aromatic carbocycles. The van der Waals surface area contributed by atoms with E-state index in [0.29, 0.717) is 0 Å². The van der Waals surface area contributed by atoms with Crippen LogP contribution in [0.5, 0.6) is 0 Å². The molecule has 0 aliphatic heterocycles. The van der Waals surface area contributed by atoms with Crippen LogP contribution in [0.2, 0.25) is 0 Å². The Morgan fingerprint density at radius 2 is 1.94 bits per heavy atom. The van der Waals surface area contributed by atoms with Crippen LogP contribution in [0.25, 0.3) is 0 Å². The summed E-state index contributed by atoms with van der Waals surface area (Å²) >= 11 is 0. The maximum atomic E-state index is 6.04. The fourth-order valence-corrected chi connectivity index (χ4v) is 2.00. The average Bonchev–Trinajstić information content (AvgIpc) is 2.36. The third kappa shape index (κ3) is 5.87. The predicted molar refractivity (Wildman–Crippen MR) is 80.4 cm³/mol. The van der Waals surface area contributed by atoms with Gasteiger partial charge < -0.3 is 5.01 Å². The number of hydrazine groups is 1. The van der Waals surface area contributed by atoms with Gasteiger partial charge in [0.1, 0.15) is 0 Å². The van der Waals surface area contributed by atoms with Gasteiger partial charge in [-0.15, -0.1) is 6.58 Å². The van der Waals surface area contributed by atoms with Crippen molar-refractivity contribution in [2.75, 3.05) is 11.6 Å². The fraction of sp³-hybridized carbons (Fsp3) is 0.500. The van der Waals surface area contributed by atoms with Gasteiger partial charge in [-0.25, -0.2) is 5.84 Å². The van der Waals surface area contributed by atoms with E-state index >= 15 is 0 Å². The second kappa shape index (κ2) is 7.93. The molecule has 1 aromatic rings. The number of benzene rings is 1. The minimum atomic E-state index is 0.721. The minimum Gasteiger partial charge on any atom is -0.311 e. The Morgan fingerprint density at radius 3 is 2.56 bits per heavy atom. The molecule has 0 aliphatic carbocycles. The highest BCUT2D eigenvalue weighted by molar-refractivity contribution is 5.43. The lowest BCUT2D eigenvalue weighted by Crippen LogP contribution is -2.32. The first-order valence-electron chi connectivity index (χ1n) is 6.81. The van der Waals surface area contributed by atoms with Gasteiger partial charge in [-0.1, -0.05) is 37.1 Å². The molecule has 0 radical (unpaired) electrons. The molecule has 0 fully saturated rings. The van der Waals surface area contributed by atoms with Crippen molar-refractivity contribution in [2.45, 2.75) is 39.5 Å². The first kappa shape index (κ1) is 14.8. The summed E-state index contributed by atoms with van der Waals surface area (Å²) in [5.41, 5.74) is 2.37. The Hall–Kier alpha value is -1.28. The normalized spacial score (nSPS) is 12.2. The molecule has 1 rings (SSSR count). The third-order valence-corrected chi connectivity index (χ3v) is 3.25. The lowest BCUT2D eigenvalue weighted by atomic mass is 9.99. The summed E-state index contributed by atoms with van der Waals surface area (Å²) in [6, 6.07) is 10.1. The smallest absolute Gasteiger partial charge is 0.0517 e. The van der Waals surface area contributed by atoms with Gasteiger partial charge in [-0.05, 0) is 44.2 Å². The molecule has 0 aromatic heterocycles. The summed E-state index contributed by atoms with van der Waals surface area (Å²) in [5.74, 6) is 6.76. The fourth-order valence-electron chi connectivity index (χ4n) is 2.00. The molecular weight excluding hydrogens is 220 g/mol. The zero-order chi connectivity index (χ0) is 13.4. The van der Waals surface area contributed by atoms with Crippen LogP contribution in [0.1, 0.15) is 39.5 Å². The number of nitrogens with zero attached hydrogens (tertiary/aromatic N) is 1. The largest absolute Gasteiger partial charge is 0.311 e. The Morgan fingerprint density at radius 1 is 1.28 bits per heavy atom. The third-order valence-electron chi connectivity index (χ3n) is 3.25. The van der Waals surface area contributed by atoms with Gasteiger partial charge in [-0.2, -0.15) is 0 Å². The molecule has 0 spiro atoms. The molecular formula is C16H26N2. The van der Waals surface area contributed by atoms with E-state index in [1.165, 1.54) is 18.4 Å². The molecule has 0 aliphatic rings. The first-order valence-corrected chi connectivity index (χ1v) is 6.81. The van der Waals surface area contributed by atoms with E-state index in [2.05, 4.69) is 20.4 Å². The average molecular weight is 246 g/mol. The van der Waals surface area contributed by atoms with Crippen molar-refractivity contribution in [1.29, 1.82) is 0 Å². The molecule has 0 unspecified atom stereocenters. The van der Waals surface area contributed by atoms with Crippen molar-refractivity contribution < 1.29 is 0 Å². The zero-order valence-electron chi connectivity index (χ0n) is 11.7. The van der Waals surface area contributed by atoms with Crippen LogP contribution in [0, 0.1) is 5.92 Å². The Balaban J connectivity index is 2.22. The number of nitrogens with two attached hydrogens (primary N) is 1. The van der Waals surface area contributed by atoms with Crippen LogP contribution < -0.4 is 10.9 Å². The monoisotopic (exact) mass is 246 g/mol. The second-order valence-electron chi connectivity index (χ2n) is 5.27. The highest BCUT2D eigenvalue weighted by Gasteiger charge is 2.05. The molecule has 0 saturated carbocycles. The Kier molecular flexibility index (Phi) is 6.51. The van der Waals surface area contributed by atoms with Gasteiger partial charge in [0.15, 0.2) is 0 Å². The Bertz CT molecular complexity index is 345. The van der Waals surface area contributed by atoms with Gasteiger partial charge >= 0.3 is 0 Å². The number of anilines is 1. The van der Waals surface area contributed by atoms with E-state index in [1.54, 1.807) is 0 Å². The van der Waals surface area contributed by atoms with Crippen molar-refractivity contribution in [2.24, 2.45) is 11.8 Å². The van der Waals surface area contributed by atoms with Crippen molar-refractivity contribution in [3.05, 3.63) is 42.5 Å². The van der Waals surface area contributed by atoms with Crippen molar-refractivity contribution in [3.8, 4) is 0 Å².